The van der Waals surface area contributed by atoms with E-state index in [1.165, 1.54) is 10.5 Å². The van der Waals surface area contributed by atoms with Crippen LogP contribution in [-0.2, 0) is 19.7 Å². The molecular formula is C25H29ClN2O3. The number of carbonyl (C=O) groups excluding carboxylic acids is 2. The third kappa shape index (κ3) is 5.35. The molecule has 0 saturated heterocycles. The smallest absolute Gasteiger partial charge is 0.278 e. The molecule has 0 bridgehead atoms. The van der Waals surface area contributed by atoms with Crippen LogP contribution in [0.15, 0.2) is 54.2 Å². The molecule has 1 aliphatic rings. The fourth-order valence-corrected chi connectivity index (χ4v) is 3.57. The first-order valence-electron chi connectivity index (χ1n) is 10.5. The van der Waals surface area contributed by atoms with E-state index in [9.17, 15) is 9.59 Å². The second-order valence-electron chi connectivity index (χ2n) is 8.52. The molecule has 0 unspecified atom stereocenters. The van der Waals surface area contributed by atoms with Crippen molar-refractivity contribution in [3.05, 3.63) is 70.4 Å². The quantitative estimate of drug-likeness (QED) is 0.449. The average molecular weight is 441 g/mol. The molecule has 0 saturated carbocycles. The summed E-state index contributed by atoms with van der Waals surface area (Å²) >= 11 is 6.02. The van der Waals surface area contributed by atoms with E-state index in [4.69, 9.17) is 16.3 Å². The van der Waals surface area contributed by atoms with E-state index in [1.54, 1.807) is 24.3 Å². The topological polar surface area (TPSA) is 58.6 Å². The lowest BCUT2D eigenvalue weighted by Gasteiger charge is -2.19. The van der Waals surface area contributed by atoms with Crippen LogP contribution >= 0.6 is 11.6 Å². The van der Waals surface area contributed by atoms with Crippen molar-refractivity contribution in [3.8, 4) is 0 Å². The Morgan fingerprint density at radius 2 is 1.61 bits per heavy atom. The number of nitrogens with zero attached hydrogens (tertiary/aromatic N) is 1. The van der Waals surface area contributed by atoms with Crippen LogP contribution in [0.2, 0.25) is 5.02 Å². The number of ether oxygens (including phenoxy) is 1. The van der Waals surface area contributed by atoms with Gasteiger partial charge < -0.3 is 10.1 Å². The summed E-state index contributed by atoms with van der Waals surface area (Å²) in [5.74, 6) is -0.635. The first kappa shape index (κ1) is 23.0. The number of halogens is 1. The van der Waals surface area contributed by atoms with Gasteiger partial charge in [0.2, 0.25) is 0 Å². The van der Waals surface area contributed by atoms with E-state index in [0.29, 0.717) is 42.3 Å². The van der Waals surface area contributed by atoms with Gasteiger partial charge in [-0.1, -0.05) is 56.6 Å². The molecule has 5 nitrogen and oxygen atoms in total. The Kier molecular flexibility index (Phi) is 7.19. The van der Waals surface area contributed by atoms with Gasteiger partial charge in [0.05, 0.1) is 5.57 Å². The van der Waals surface area contributed by atoms with Crippen molar-refractivity contribution in [1.82, 2.24) is 4.90 Å². The zero-order chi connectivity index (χ0) is 22.6. The maximum Gasteiger partial charge on any atom is 0.278 e. The second kappa shape index (κ2) is 9.67. The number of hydrogen-bond donors (Lipinski definition) is 1. The summed E-state index contributed by atoms with van der Waals surface area (Å²) < 4.78 is 5.36. The minimum absolute atomic E-state index is 0.0305. The summed E-state index contributed by atoms with van der Waals surface area (Å²) in [6.07, 6.45) is 0.590. The van der Waals surface area contributed by atoms with Gasteiger partial charge in [-0.05, 0) is 54.2 Å². The van der Waals surface area contributed by atoms with E-state index in [1.807, 2.05) is 31.2 Å². The third-order valence-corrected chi connectivity index (χ3v) is 5.45. The molecule has 1 aliphatic heterocycles. The average Bonchev–Trinajstić information content (AvgIpc) is 2.95. The number of imide groups is 1. The second-order valence-corrected chi connectivity index (χ2v) is 8.96. The van der Waals surface area contributed by atoms with Crippen LogP contribution < -0.4 is 5.32 Å². The molecule has 0 spiro atoms. The van der Waals surface area contributed by atoms with Gasteiger partial charge in [-0.3, -0.25) is 14.5 Å². The maximum absolute atomic E-state index is 13.2. The van der Waals surface area contributed by atoms with Crippen LogP contribution in [0.1, 0.15) is 45.2 Å². The molecule has 0 atom stereocenters. The number of anilines is 1. The van der Waals surface area contributed by atoms with E-state index in [-0.39, 0.29) is 22.9 Å². The van der Waals surface area contributed by atoms with Gasteiger partial charge >= 0.3 is 0 Å². The molecule has 31 heavy (non-hydrogen) atoms. The lowest BCUT2D eigenvalue weighted by Crippen LogP contribution is -2.34. The highest BCUT2D eigenvalue weighted by Gasteiger charge is 2.38. The van der Waals surface area contributed by atoms with E-state index in [2.05, 4.69) is 26.1 Å². The molecule has 0 fully saturated rings. The van der Waals surface area contributed by atoms with Crippen molar-refractivity contribution in [1.29, 1.82) is 0 Å². The van der Waals surface area contributed by atoms with Crippen molar-refractivity contribution < 1.29 is 14.3 Å². The fraction of sp³-hybridized carbons (Fsp3) is 0.360. The molecule has 6 heteroatoms. The summed E-state index contributed by atoms with van der Waals surface area (Å²) in [6, 6.07) is 14.9. The highest BCUT2D eigenvalue weighted by atomic mass is 35.5. The van der Waals surface area contributed by atoms with Crippen LogP contribution in [0.25, 0.3) is 5.57 Å². The number of nitrogens with one attached hydrogen (secondary N) is 1. The number of rotatable bonds is 8. The highest BCUT2D eigenvalue weighted by molar-refractivity contribution is 6.36. The summed E-state index contributed by atoms with van der Waals surface area (Å²) in [5.41, 5.74) is 3.28. The Hall–Kier alpha value is -2.63. The normalized spacial score (nSPS) is 14.5. The lowest BCUT2D eigenvalue weighted by atomic mass is 9.87. The van der Waals surface area contributed by atoms with Crippen molar-refractivity contribution in [2.45, 2.75) is 39.5 Å². The van der Waals surface area contributed by atoms with Crippen molar-refractivity contribution >= 4 is 34.7 Å². The van der Waals surface area contributed by atoms with E-state index in [0.717, 1.165) is 5.69 Å². The van der Waals surface area contributed by atoms with Crippen LogP contribution in [0.5, 0.6) is 0 Å². The van der Waals surface area contributed by atoms with Crippen LogP contribution in [0.4, 0.5) is 5.69 Å². The monoisotopic (exact) mass is 440 g/mol. The van der Waals surface area contributed by atoms with Gasteiger partial charge in [0.1, 0.15) is 5.70 Å². The highest BCUT2D eigenvalue weighted by Crippen LogP contribution is 2.32. The molecule has 0 radical (unpaired) electrons. The molecule has 0 aliphatic carbocycles. The Morgan fingerprint density at radius 1 is 0.968 bits per heavy atom. The molecule has 2 aromatic carbocycles. The number of amides is 2. The molecule has 2 aromatic rings. The third-order valence-electron chi connectivity index (χ3n) is 5.20. The van der Waals surface area contributed by atoms with Crippen molar-refractivity contribution in [3.63, 3.8) is 0 Å². The molecule has 1 heterocycles. The standard InChI is InChI=1S/C25H29ClN2O3/c1-5-31-16-6-15-28-23(29)21(17-7-11-19(26)12-8-17)22(24(28)30)27-20-13-9-18(10-14-20)25(2,3)4/h7-14,27H,5-6,15-16H2,1-4H3. The van der Waals surface area contributed by atoms with Crippen LogP contribution in [-0.4, -0.2) is 36.5 Å². The zero-order valence-electron chi connectivity index (χ0n) is 18.5. The Morgan fingerprint density at radius 3 is 2.19 bits per heavy atom. The maximum atomic E-state index is 13.2. The van der Waals surface area contributed by atoms with Crippen LogP contribution in [0, 0.1) is 0 Å². The van der Waals surface area contributed by atoms with Gasteiger partial charge in [0, 0.05) is 30.5 Å². The van der Waals surface area contributed by atoms with E-state index < -0.39 is 0 Å². The zero-order valence-corrected chi connectivity index (χ0v) is 19.3. The molecule has 0 aromatic heterocycles. The first-order valence-corrected chi connectivity index (χ1v) is 10.9. The van der Waals surface area contributed by atoms with Gasteiger partial charge in [0.25, 0.3) is 11.8 Å². The van der Waals surface area contributed by atoms with Gasteiger partial charge in [-0.2, -0.15) is 0 Å². The van der Waals surface area contributed by atoms with Gasteiger partial charge in [-0.25, -0.2) is 0 Å². The Balaban J connectivity index is 1.92. The van der Waals surface area contributed by atoms with Crippen molar-refractivity contribution in [2.75, 3.05) is 25.1 Å². The summed E-state index contributed by atoms with van der Waals surface area (Å²) in [5, 5.41) is 3.77. The molecule has 1 N–H and O–H groups in total. The molecule has 3 rings (SSSR count). The number of carbonyl (C=O) groups is 2. The fourth-order valence-electron chi connectivity index (χ4n) is 3.45. The van der Waals surface area contributed by atoms with Crippen molar-refractivity contribution in [2.24, 2.45) is 0 Å². The minimum Gasteiger partial charge on any atom is -0.382 e. The van der Waals surface area contributed by atoms with Gasteiger partial charge in [-0.15, -0.1) is 0 Å². The largest absolute Gasteiger partial charge is 0.382 e. The summed E-state index contributed by atoms with van der Waals surface area (Å²) in [6.45, 7) is 9.78. The molecular weight excluding hydrogens is 412 g/mol. The van der Waals surface area contributed by atoms with Gasteiger partial charge in [0.15, 0.2) is 0 Å². The predicted molar refractivity (Wildman–Crippen MR) is 125 cm³/mol. The summed E-state index contributed by atoms with van der Waals surface area (Å²) in [4.78, 5) is 27.6. The predicted octanol–water partition coefficient (Wildman–Crippen LogP) is 5.26. The lowest BCUT2D eigenvalue weighted by molar-refractivity contribution is -0.137. The van der Waals surface area contributed by atoms with Crippen LogP contribution in [0.3, 0.4) is 0 Å². The Bertz CT molecular complexity index is 973. The SMILES string of the molecule is CCOCCCN1C(=O)C(Nc2ccc(C(C)(C)C)cc2)=C(c2ccc(Cl)cc2)C1=O. The number of benzene rings is 2. The molecule has 2 amide bonds. The molecule has 164 valence electrons. The first-order chi connectivity index (χ1) is 14.7. The minimum atomic E-state index is -0.327. The summed E-state index contributed by atoms with van der Waals surface area (Å²) in [7, 11) is 0. The van der Waals surface area contributed by atoms with E-state index >= 15 is 0 Å². The Labute approximate surface area is 189 Å². The number of hydrogen-bond acceptors (Lipinski definition) is 4.